The van der Waals surface area contributed by atoms with E-state index in [9.17, 15) is 10.1 Å². The van der Waals surface area contributed by atoms with Crippen molar-refractivity contribution in [1.82, 2.24) is 0 Å². The molecular weight excluding hydrogens is 300 g/mol. The van der Waals surface area contributed by atoms with Gasteiger partial charge in [-0.1, -0.05) is 43.3 Å². The number of nitriles is 1. The van der Waals surface area contributed by atoms with Gasteiger partial charge in [-0.2, -0.15) is 5.26 Å². The van der Waals surface area contributed by atoms with Gasteiger partial charge in [0.2, 0.25) is 0 Å². The first-order valence-electron chi connectivity index (χ1n) is 7.91. The van der Waals surface area contributed by atoms with Crippen molar-refractivity contribution in [3.05, 3.63) is 65.2 Å². The Kier molecular flexibility index (Phi) is 6.16. The van der Waals surface area contributed by atoms with Gasteiger partial charge in [0.05, 0.1) is 12.3 Å². The minimum absolute atomic E-state index is 0.0468. The highest BCUT2D eigenvalue weighted by Gasteiger charge is 2.12. The summed E-state index contributed by atoms with van der Waals surface area (Å²) in [6.07, 6.45) is 2.53. The molecule has 0 heterocycles. The highest BCUT2D eigenvalue weighted by molar-refractivity contribution is 6.10. The molecule has 0 aliphatic carbocycles. The Morgan fingerprint density at radius 1 is 1.17 bits per heavy atom. The van der Waals surface area contributed by atoms with E-state index >= 15 is 0 Å². The molecule has 0 saturated heterocycles. The number of nitrogens with zero attached hydrogens (tertiary/aromatic N) is 1. The van der Waals surface area contributed by atoms with Gasteiger partial charge in [-0.15, -0.1) is 0 Å². The molecule has 0 spiro atoms. The molecule has 24 heavy (non-hydrogen) atoms. The molecule has 0 radical (unpaired) electrons. The van der Waals surface area contributed by atoms with Crippen molar-refractivity contribution in [2.45, 2.75) is 20.3 Å². The van der Waals surface area contributed by atoms with E-state index in [4.69, 9.17) is 4.74 Å². The third kappa shape index (κ3) is 4.47. The summed E-state index contributed by atoms with van der Waals surface area (Å²) in [6.45, 7) is 4.45. The first kappa shape index (κ1) is 17.3. The van der Waals surface area contributed by atoms with Crippen molar-refractivity contribution in [3.63, 3.8) is 0 Å². The van der Waals surface area contributed by atoms with E-state index in [1.54, 1.807) is 24.3 Å². The molecule has 0 saturated carbocycles. The highest BCUT2D eigenvalue weighted by atomic mass is 16.5. The van der Waals surface area contributed by atoms with E-state index in [-0.39, 0.29) is 5.57 Å². The molecule has 0 fully saturated rings. The molecule has 4 heteroatoms. The normalized spacial score (nSPS) is 10.8. The minimum Gasteiger partial charge on any atom is -0.492 e. The number of hydrogen-bond donors (Lipinski definition) is 1. The monoisotopic (exact) mass is 320 g/mol. The Morgan fingerprint density at radius 3 is 2.50 bits per heavy atom. The van der Waals surface area contributed by atoms with Gasteiger partial charge in [0, 0.05) is 0 Å². The number of nitrogens with one attached hydrogen (secondary N) is 1. The second-order valence-corrected chi connectivity index (χ2v) is 5.15. The van der Waals surface area contributed by atoms with E-state index in [0.717, 1.165) is 12.0 Å². The molecule has 4 nitrogen and oxygen atoms in total. The summed E-state index contributed by atoms with van der Waals surface area (Å²) in [6, 6.07) is 16.9. The van der Waals surface area contributed by atoms with E-state index in [0.29, 0.717) is 18.0 Å². The van der Waals surface area contributed by atoms with Crippen LogP contribution in [0.1, 0.15) is 25.0 Å². The second-order valence-electron chi connectivity index (χ2n) is 5.15. The van der Waals surface area contributed by atoms with E-state index in [1.807, 2.05) is 43.3 Å². The van der Waals surface area contributed by atoms with Crippen LogP contribution in [-0.4, -0.2) is 12.5 Å². The van der Waals surface area contributed by atoms with E-state index in [1.165, 1.54) is 5.56 Å². The topological polar surface area (TPSA) is 62.1 Å². The largest absolute Gasteiger partial charge is 0.492 e. The van der Waals surface area contributed by atoms with Crippen LogP contribution in [0.2, 0.25) is 0 Å². The van der Waals surface area contributed by atoms with Crippen molar-refractivity contribution in [1.29, 1.82) is 5.26 Å². The smallest absolute Gasteiger partial charge is 0.266 e. The van der Waals surface area contributed by atoms with Gasteiger partial charge in [0.15, 0.2) is 0 Å². The van der Waals surface area contributed by atoms with E-state index in [2.05, 4.69) is 12.2 Å². The summed E-state index contributed by atoms with van der Waals surface area (Å²) in [5.41, 5.74) is 2.62. The number of aryl methyl sites for hydroxylation is 1. The van der Waals surface area contributed by atoms with E-state index < -0.39 is 5.91 Å². The lowest BCUT2D eigenvalue weighted by Crippen LogP contribution is -2.14. The third-order valence-electron chi connectivity index (χ3n) is 3.50. The fourth-order valence-corrected chi connectivity index (χ4v) is 2.21. The minimum atomic E-state index is -0.454. The average Bonchev–Trinajstić information content (AvgIpc) is 2.62. The fraction of sp³-hybridized carbons (Fsp3) is 0.200. The van der Waals surface area contributed by atoms with Gasteiger partial charge in [-0.25, -0.2) is 0 Å². The Balaban J connectivity index is 2.20. The van der Waals surface area contributed by atoms with Gasteiger partial charge in [-0.3, -0.25) is 4.79 Å². The van der Waals surface area contributed by atoms with Crippen LogP contribution >= 0.6 is 0 Å². The zero-order valence-electron chi connectivity index (χ0n) is 13.9. The molecule has 0 aliphatic rings. The predicted molar refractivity (Wildman–Crippen MR) is 95.7 cm³/mol. The standard InChI is InChI=1S/C20H20N2O2/c1-3-15-9-11-16(12-10-15)13-17(14-21)20(23)22-18-7-5-6-8-19(18)24-4-2/h5-13H,3-4H2,1-2H3,(H,22,23)/b17-13+. The first-order chi connectivity index (χ1) is 11.7. The van der Waals surface area contributed by atoms with Crippen LogP contribution in [0.4, 0.5) is 5.69 Å². The summed E-state index contributed by atoms with van der Waals surface area (Å²) in [5.74, 6) is 0.127. The molecule has 0 atom stereocenters. The van der Waals surface area contributed by atoms with Gasteiger partial charge < -0.3 is 10.1 Å². The number of rotatable bonds is 6. The van der Waals surface area contributed by atoms with Crippen molar-refractivity contribution in [2.75, 3.05) is 11.9 Å². The van der Waals surface area contributed by atoms with Gasteiger partial charge in [0.1, 0.15) is 17.4 Å². The fourth-order valence-electron chi connectivity index (χ4n) is 2.21. The lowest BCUT2D eigenvalue weighted by atomic mass is 10.1. The number of anilines is 1. The molecule has 2 aromatic carbocycles. The van der Waals surface area contributed by atoms with Crippen LogP contribution in [0.3, 0.4) is 0 Å². The molecule has 2 aromatic rings. The molecule has 122 valence electrons. The van der Waals surface area contributed by atoms with Gasteiger partial charge >= 0.3 is 0 Å². The first-order valence-corrected chi connectivity index (χ1v) is 7.91. The predicted octanol–water partition coefficient (Wildman–Crippen LogP) is 4.19. The number of carbonyl (C=O) groups excluding carboxylic acids is 1. The maximum atomic E-state index is 12.4. The van der Waals surface area contributed by atoms with Crippen LogP contribution in [0.15, 0.2) is 54.1 Å². The molecule has 2 rings (SSSR count). The quantitative estimate of drug-likeness (QED) is 0.641. The maximum absolute atomic E-state index is 12.4. The number of hydrogen-bond acceptors (Lipinski definition) is 3. The van der Waals surface area contributed by atoms with Crippen molar-refractivity contribution < 1.29 is 9.53 Å². The Morgan fingerprint density at radius 2 is 1.88 bits per heavy atom. The summed E-state index contributed by atoms with van der Waals surface area (Å²) < 4.78 is 5.48. The molecule has 1 amide bonds. The van der Waals surface area contributed by atoms with Crippen LogP contribution in [0, 0.1) is 11.3 Å². The van der Waals surface area contributed by atoms with Crippen LogP contribution in [-0.2, 0) is 11.2 Å². The van der Waals surface area contributed by atoms with Gasteiger partial charge in [0.25, 0.3) is 5.91 Å². The van der Waals surface area contributed by atoms with Crippen LogP contribution in [0.5, 0.6) is 5.75 Å². The molecule has 0 unspecified atom stereocenters. The van der Waals surface area contributed by atoms with Crippen molar-refractivity contribution in [2.24, 2.45) is 0 Å². The number of benzene rings is 2. The van der Waals surface area contributed by atoms with Crippen LogP contribution in [0.25, 0.3) is 6.08 Å². The lowest BCUT2D eigenvalue weighted by molar-refractivity contribution is -0.112. The molecule has 0 aromatic heterocycles. The number of para-hydroxylation sites is 2. The Bertz CT molecular complexity index is 771. The zero-order valence-corrected chi connectivity index (χ0v) is 13.9. The Labute approximate surface area is 142 Å². The summed E-state index contributed by atoms with van der Waals surface area (Å²) in [4.78, 5) is 12.4. The maximum Gasteiger partial charge on any atom is 0.266 e. The van der Waals surface area contributed by atoms with Crippen molar-refractivity contribution in [3.8, 4) is 11.8 Å². The molecule has 1 N–H and O–H groups in total. The average molecular weight is 320 g/mol. The molecular formula is C20H20N2O2. The third-order valence-corrected chi connectivity index (χ3v) is 3.50. The summed E-state index contributed by atoms with van der Waals surface area (Å²) in [5, 5.41) is 12.0. The molecule has 0 bridgehead atoms. The lowest BCUT2D eigenvalue weighted by Gasteiger charge is -2.10. The zero-order chi connectivity index (χ0) is 17.4. The second kappa shape index (κ2) is 8.54. The van der Waals surface area contributed by atoms with Gasteiger partial charge in [-0.05, 0) is 42.7 Å². The Hall–Kier alpha value is -3.06. The number of ether oxygens (including phenoxy) is 1. The number of amides is 1. The SMILES string of the molecule is CCOc1ccccc1NC(=O)/C(C#N)=C/c1ccc(CC)cc1. The van der Waals surface area contributed by atoms with Crippen LogP contribution < -0.4 is 10.1 Å². The summed E-state index contributed by atoms with van der Waals surface area (Å²) >= 11 is 0. The van der Waals surface area contributed by atoms with Crippen molar-refractivity contribution >= 4 is 17.7 Å². The summed E-state index contributed by atoms with van der Waals surface area (Å²) in [7, 11) is 0. The highest BCUT2D eigenvalue weighted by Crippen LogP contribution is 2.24. The number of carbonyl (C=O) groups is 1. The molecule has 0 aliphatic heterocycles.